The number of aryl methyl sites for hydroxylation is 2. The van der Waals surface area contributed by atoms with Gasteiger partial charge >= 0.3 is 24.1 Å². The van der Waals surface area contributed by atoms with Gasteiger partial charge in [0, 0.05) is 43.3 Å². The lowest BCUT2D eigenvalue weighted by atomic mass is 9.80. The lowest BCUT2D eigenvalue weighted by Gasteiger charge is -2.37. The van der Waals surface area contributed by atoms with E-state index in [9.17, 15) is 24.0 Å². The quantitative estimate of drug-likeness (QED) is 0.0480. The Hall–Kier alpha value is -5.76. The summed E-state index contributed by atoms with van der Waals surface area (Å²) in [7, 11) is 3.17. The second-order valence-corrected chi connectivity index (χ2v) is 18.6. The van der Waals surface area contributed by atoms with Crippen LogP contribution in [0.3, 0.4) is 0 Å². The predicted octanol–water partition coefficient (Wildman–Crippen LogP) is 5.07. The monoisotopic (exact) mass is 946 g/mol. The Morgan fingerprint density at radius 3 is 1.73 bits per heavy atom. The summed E-state index contributed by atoms with van der Waals surface area (Å²) in [6, 6.07) is 24.6. The Labute approximate surface area is 384 Å². The van der Waals surface area contributed by atoms with Crippen molar-refractivity contribution in [3.05, 3.63) is 173 Å². The van der Waals surface area contributed by atoms with E-state index in [-0.39, 0.29) is 43.8 Å². The summed E-state index contributed by atoms with van der Waals surface area (Å²) in [6.45, 7) is 3.72. The van der Waals surface area contributed by atoms with Crippen molar-refractivity contribution >= 4 is 24.5 Å². The van der Waals surface area contributed by atoms with Gasteiger partial charge in [0.05, 0.1) is 40.1 Å². The van der Waals surface area contributed by atoms with E-state index in [0.29, 0.717) is 11.5 Å². The van der Waals surface area contributed by atoms with Crippen molar-refractivity contribution in [2.24, 2.45) is 0 Å². The van der Waals surface area contributed by atoms with Crippen molar-refractivity contribution < 1.29 is 46.8 Å². The maximum absolute atomic E-state index is 13.3. The molecule has 4 heterocycles. The summed E-state index contributed by atoms with van der Waals surface area (Å²) in [4.78, 5) is 67.5. The first-order valence-electron chi connectivity index (χ1n) is 21.0. The Morgan fingerprint density at radius 1 is 0.758 bits per heavy atom. The standard InChI is InChI=1S/C46H51N4O14PS/c1-7-21-59-65(66,60-27-39-36(61-30(4)51)22-40(63-39)49-24-28(2)42(52)47-44(49)54)64-37-23-41(50-25-29(3)43(53)48-45(50)55)62-38(37)26-58-46(31-11-9-8-10-12-31,32-13-17-34(56-5)18-14-32)33-15-19-35(57-6)20-16-33/h7-20,24-25,36-41H,1,21-23,26-27H2,2-6H3,(H,47,52,54)(H,48,53,55)/t36-,37-,38+,39+,40+,41+,65?/m0/s1. The minimum absolute atomic E-state index is 0.0224. The SMILES string of the molecule is C=CCOP(=S)(OC[C@H]1O[C@@H](n2cc(C)c(=O)[nH]c2=O)C[C@@H]1OC(C)=O)O[C@H]1C[C@H](n2cc(C)c(=O)[nH]c2=O)O[C@@H]1COC(c1ccccc1)(c1ccc(OC)cc1)c1ccc(OC)cc1. The number of methoxy groups -OCH3 is 2. The van der Waals surface area contributed by atoms with Crippen LogP contribution in [0.2, 0.25) is 0 Å². The molecule has 2 aromatic heterocycles. The number of esters is 1. The van der Waals surface area contributed by atoms with Gasteiger partial charge in [0.1, 0.15) is 47.9 Å². The van der Waals surface area contributed by atoms with Gasteiger partial charge in [0.2, 0.25) is 0 Å². The van der Waals surface area contributed by atoms with E-state index in [0.717, 1.165) is 16.7 Å². The molecule has 0 radical (unpaired) electrons. The highest BCUT2D eigenvalue weighted by Crippen LogP contribution is 2.54. The van der Waals surface area contributed by atoms with E-state index in [1.807, 2.05) is 78.9 Å². The van der Waals surface area contributed by atoms with Crippen LogP contribution in [0, 0.1) is 13.8 Å². The summed E-state index contributed by atoms with van der Waals surface area (Å²) in [5, 5.41) is 0. The second-order valence-electron chi connectivity index (χ2n) is 15.6. The van der Waals surface area contributed by atoms with E-state index in [4.69, 9.17) is 53.8 Å². The third-order valence-electron chi connectivity index (χ3n) is 11.2. The molecule has 2 saturated heterocycles. The normalized spacial score (nSPS) is 21.5. The first-order valence-corrected chi connectivity index (χ1v) is 23.5. The Kier molecular flexibility index (Phi) is 15.2. The van der Waals surface area contributed by atoms with Gasteiger partial charge in [-0.3, -0.25) is 33.5 Å². The van der Waals surface area contributed by atoms with Gasteiger partial charge in [-0.2, -0.15) is 0 Å². The molecule has 0 aliphatic carbocycles. The van der Waals surface area contributed by atoms with Crippen LogP contribution in [-0.4, -0.2) is 83.5 Å². The number of nitrogens with one attached hydrogen (secondary N) is 2. The van der Waals surface area contributed by atoms with Gasteiger partial charge < -0.3 is 42.0 Å². The lowest BCUT2D eigenvalue weighted by molar-refractivity contribution is -0.150. The molecule has 66 heavy (non-hydrogen) atoms. The number of rotatable bonds is 19. The van der Waals surface area contributed by atoms with E-state index in [1.54, 1.807) is 28.1 Å². The van der Waals surface area contributed by atoms with Gasteiger partial charge in [0.25, 0.3) is 11.1 Å². The van der Waals surface area contributed by atoms with E-state index in [2.05, 4.69) is 16.5 Å². The fourth-order valence-corrected chi connectivity index (χ4v) is 10.0. The topological polar surface area (TPSA) is 210 Å². The zero-order valence-corrected chi connectivity index (χ0v) is 38.6. The molecule has 2 aliphatic heterocycles. The molecule has 5 aromatic rings. The molecule has 7 atom stereocenters. The highest BCUT2D eigenvalue weighted by atomic mass is 32.5. The van der Waals surface area contributed by atoms with Crippen LogP contribution >= 0.6 is 6.72 Å². The van der Waals surface area contributed by atoms with Crippen LogP contribution in [0.4, 0.5) is 0 Å². The molecule has 0 saturated carbocycles. The van der Waals surface area contributed by atoms with Crippen LogP contribution in [0.25, 0.3) is 0 Å². The summed E-state index contributed by atoms with van der Waals surface area (Å²) < 4.78 is 58.3. The number of H-pyrrole nitrogens is 2. The second kappa shape index (κ2) is 20.8. The molecular weight excluding hydrogens is 896 g/mol. The van der Waals surface area contributed by atoms with Crippen LogP contribution in [0.5, 0.6) is 11.5 Å². The van der Waals surface area contributed by atoms with Crippen LogP contribution < -0.4 is 32.0 Å². The summed E-state index contributed by atoms with van der Waals surface area (Å²) in [5.74, 6) is 0.672. The van der Waals surface area contributed by atoms with E-state index in [1.165, 1.54) is 34.5 Å². The molecule has 0 amide bonds. The predicted molar refractivity (Wildman–Crippen MR) is 244 cm³/mol. The molecule has 20 heteroatoms. The first-order chi connectivity index (χ1) is 31.7. The average molecular weight is 947 g/mol. The third-order valence-corrected chi connectivity index (χ3v) is 13.6. The number of hydrogen-bond acceptors (Lipinski definition) is 15. The number of benzene rings is 3. The van der Waals surface area contributed by atoms with E-state index >= 15 is 0 Å². The Morgan fingerprint density at radius 2 is 1.24 bits per heavy atom. The number of carbonyl (C=O) groups excluding carboxylic acids is 1. The number of aromatic amines is 2. The van der Waals surface area contributed by atoms with Gasteiger partial charge in [-0.05, 0) is 66.6 Å². The number of nitrogens with zero attached hydrogens (tertiary/aromatic N) is 2. The van der Waals surface area contributed by atoms with Crippen LogP contribution in [0.1, 0.15) is 60.0 Å². The number of carbonyl (C=O) groups is 1. The van der Waals surface area contributed by atoms with Crippen molar-refractivity contribution in [1.29, 1.82) is 0 Å². The fraction of sp³-hybridized carbons (Fsp3) is 0.370. The molecule has 2 aliphatic rings. The largest absolute Gasteiger partial charge is 0.497 e. The molecule has 350 valence electrons. The van der Waals surface area contributed by atoms with Crippen molar-refractivity contribution in [2.45, 2.75) is 76.1 Å². The smallest absolute Gasteiger partial charge is 0.330 e. The number of aromatic nitrogens is 4. The molecule has 3 aromatic carbocycles. The molecule has 18 nitrogen and oxygen atoms in total. The molecule has 0 bridgehead atoms. The van der Waals surface area contributed by atoms with Crippen molar-refractivity contribution in [2.75, 3.05) is 34.0 Å². The number of ether oxygens (including phenoxy) is 6. The highest BCUT2D eigenvalue weighted by Gasteiger charge is 2.46. The van der Waals surface area contributed by atoms with Crippen LogP contribution in [0.15, 0.2) is 123 Å². The molecular formula is C46H51N4O14PS. The van der Waals surface area contributed by atoms with Gasteiger partial charge in [-0.1, -0.05) is 60.7 Å². The molecule has 1 unspecified atom stereocenters. The highest BCUT2D eigenvalue weighted by molar-refractivity contribution is 8.07. The fourth-order valence-electron chi connectivity index (χ4n) is 7.94. The van der Waals surface area contributed by atoms with Crippen molar-refractivity contribution in [3.63, 3.8) is 0 Å². The molecule has 2 N–H and O–H groups in total. The average Bonchev–Trinajstić information content (AvgIpc) is 3.90. The van der Waals surface area contributed by atoms with Gasteiger partial charge in [-0.15, -0.1) is 6.58 Å². The maximum atomic E-state index is 13.3. The number of hydrogen-bond donors (Lipinski definition) is 2. The van der Waals surface area contributed by atoms with Gasteiger partial charge in [-0.25, -0.2) is 9.59 Å². The molecule has 7 rings (SSSR count). The Bertz CT molecular complexity index is 2750. The summed E-state index contributed by atoms with van der Waals surface area (Å²) >= 11 is 6.05. The van der Waals surface area contributed by atoms with E-state index < -0.39 is 77.7 Å². The lowest BCUT2D eigenvalue weighted by Crippen LogP contribution is -2.38. The minimum Gasteiger partial charge on any atom is -0.497 e. The van der Waals surface area contributed by atoms with Gasteiger partial charge in [0.15, 0.2) is 0 Å². The summed E-state index contributed by atoms with van der Waals surface area (Å²) in [6.07, 6.45) is -1.38. The minimum atomic E-state index is -3.84. The maximum Gasteiger partial charge on any atom is 0.330 e. The molecule has 2 fully saturated rings. The Balaban J connectivity index is 1.24. The summed E-state index contributed by atoms with van der Waals surface area (Å²) in [5.41, 5.74) is -0.956. The van der Waals surface area contributed by atoms with Crippen molar-refractivity contribution in [3.8, 4) is 11.5 Å². The zero-order valence-electron chi connectivity index (χ0n) is 36.9. The third kappa shape index (κ3) is 10.6. The zero-order chi connectivity index (χ0) is 47.2. The van der Waals surface area contributed by atoms with Crippen LogP contribution in [-0.2, 0) is 54.7 Å². The first kappa shape index (κ1) is 48.2. The van der Waals surface area contributed by atoms with Crippen molar-refractivity contribution in [1.82, 2.24) is 19.1 Å². The molecule has 0 spiro atoms.